The molecule has 0 bridgehead atoms. The second-order valence-electron chi connectivity index (χ2n) is 6.58. The standard InChI is InChI=1S/C22H19FN4O2S/c1-15(19-8-5-13-29-19)24-20(28)14-30-22-26-25-21(16-6-3-2-4-7-16)27(22)18-11-9-17(23)10-12-18/h2-13,15H,14H2,1H3,(H,24,28). The van der Waals surface area contributed by atoms with Crippen LogP contribution in [0.25, 0.3) is 17.1 Å². The topological polar surface area (TPSA) is 73.0 Å². The fourth-order valence-corrected chi connectivity index (χ4v) is 3.75. The summed E-state index contributed by atoms with van der Waals surface area (Å²) in [5.41, 5.74) is 1.59. The van der Waals surface area contributed by atoms with Crippen LogP contribution in [0.15, 0.2) is 82.6 Å². The van der Waals surface area contributed by atoms with Crippen molar-refractivity contribution in [2.45, 2.75) is 18.1 Å². The van der Waals surface area contributed by atoms with Crippen molar-refractivity contribution in [3.05, 3.63) is 84.6 Å². The zero-order chi connectivity index (χ0) is 20.9. The maximum Gasteiger partial charge on any atom is 0.231 e. The lowest BCUT2D eigenvalue weighted by atomic mass is 10.2. The maximum absolute atomic E-state index is 13.4. The minimum atomic E-state index is -0.325. The van der Waals surface area contributed by atoms with Gasteiger partial charge in [-0.25, -0.2) is 4.39 Å². The number of hydrogen-bond donors (Lipinski definition) is 1. The molecule has 0 fully saturated rings. The molecule has 0 spiro atoms. The van der Waals surface area contributed by atoms with Crippen LogP contribution in [0.2, 0.25) is 0 Å². The van der Waals surface area contributed by atoms with Gasteiger partial charge in [-0.2, -0.15) is 0 Å². The Morgan fingerprint density at radius 2 is 1.87 bits per heavy atom. The number of rotatable bonds is 7. The summed E-state index contributed by atoms with van der Waals surface area (Å²) in [6.07, 6.45) is 1.57. The van der Waals surface area contributed by atoms with Crippen molar-refractivity contribution in [3.63, 3.8) is 0 Å². The van der Waals surface area contributed by atoms with Crippen LogP contribution in [0.1, 0.15) is 18.7 Å². The highest BCUT2D eigenvalue weighted by molar-refractivity contribution is 7.99. The van der Waals surface area contributed by atoms with Gasteiger partial charge in [0.25, 0.3) is 0 Å². The molecule has 0 radical (unpaired) electrons. The molecule has 1 atom stereocenters. The molecule has 152 valence electrons. The molecular weight excluding hydrogens is 403 g/mol. The van der Waals surface area contributed by atoms with E-state index >= 15 is 0 Å². The third kappa shape index (κ3) is 4.44. The summed E-state index contributed by atoms with van der Waals surface area (Å²) in [5.74, 6) is 0.981. The average Bonchev–Trinajstić information content (AvgIpc) is 3.44. The Balaban J connectivity index is 1.56. The van der Waals surface area contributed by atoms with E-state index in [1.54, 1.807) is 24.5 Å². The van der Waals surface area contributed by atoms with Gasteiger partial charge < -0.3 is 9.73 Å². The van der Waals surface area contributed by atoms with Gasteiger partial charge in [-0.1, -0.05) is 42.1 Å². The first kappa shape index (κ1) is 19.9. The maximum atomic E-state index is 13.4. The Hall–Kier alpha value is -3.39. The Kier molecular flexibility index (Phi) is 5.94. The first-order valence-corrected chi connectivity index (χ1v) is 10.3. The fraction of sp³-hybridized carbons (Fsp3) is 0.136. The number of nitrogens with zero attached hydrogens (tertiary/aromatic N) is 3. The van der Waals surface area contributed by atoms with Gasteiger partial charge >= 0.3 is 0 Å². The summed E-state index contributed by atoms with van der Waals surface area (Å²) in [6, 6.07) is 19.1. The van der Waals surface area contributed by atoms with Gasteiger partial charge in [0.05, 0.1) is 18.1 Å². The number of aromatic nitrogens is 3. The van der Waals surface area contributed by atoms with Gasteiger partial charge in [0, 0.05) is 11.3 Å². The van der Waals surface area contributed by atoms with E-state index in [0.717, 1.165) is 5.56 Å². The molecule has 0 saturated heterocycles. The van der Waals surface area contributed by atoms with Crippen molar-refractivity contribution in [1.82, 2.24) is 20.1 Å². The van der Waals surface area contributed by atoms with Crippen molar-refractivity contribution < 1.29 is 13.6 Å². The van der Waals surface area contributed by atoms with Crippen molar-refractivity contribution in [2.75, 3.05) is 5.75 Å². The number of carbonyl (C=O) groups excluding carboxylic acids is 1. The van der Waals surface area contributed by atoms with E-state index in [9.17, 15) is 9.18 Å². The molecule has 2 heterocycles. The summed E-state index contributed by atoms with van der Waals surface area (Å²) in [7, 11) is 0. The van der Waals surface area contributed by atoms with Crippen LogP contribution in [-0.4, -0.2) is 26.4 Å². The van der Waals surface area contributed by atoms with Crippen LogP contribution in [-0.2, 0) is 4.79 Å². The van der Waals surface area contributed by atoms with Gasteiger partial charge in [0.1, 0.15) is 11.6 Å². The predicted octanol–water partition coefficient (Wildman–Crippen LogP) is 4.64. The minimum Gasteiger partial charge on any atom is -0.467 e. The molecule has 1 unspecified atom stereocenters. The largest absolute Gasteiger partial charge is 0.467 e. The smallest absolute Gasteiger partial charge is 0.231 e. The van der Waals surface area contributed by atoms with E-state index in [-0.39, 0.29) is 23.5 Å². The number of benzene rings is 2. The van der Waals surface area contributed by atoms with Gasteiger partial charge in [0.15, 0.2) is 11.0 Å². The molecule has 0 aliphatic carbocycles. The van der Waals surface area contributed by atoms with Crippen LogP contribution in [0, 0.1) is 5.82 Å². The molecule has 4 aromatic rings. The molecule has 1 N–H and O–H groups in total. The van der Waals surface area contributed by atoms with Gasteiger partial charge in [-0.15, -0.1) is 10.2 Å². The van der Waals surface area contributed by atoms with Gasteiger partial charge in [0.2, 0.25) is 5.91 Å². The van der Waals surface area contributed by atoms with Crippen molar-refractivity contribution in [2.24, 2.45) is 0 Å². The van der Waals surface area contributed by atoms with Crippen molar-refractivity contribution in [1.29, 1.82) is 0 Å². The molecule has 1 amide bonds. The summed E-state index contributed by atoms with van der Waals surface area (Å²) in [5, 5.41) is 12.0. The molecule has 2 aromatic heterocycles. The lowest BCUT2D eigenvalue weighted by Crippen LogP contribution is -2.28. The summed E-state index contributed by atoms with van der Waals surface area (Å²) < 4.78 is 20.6. The summed E-state index contributed by atoms with van der Waals surface area (Å²) in [6.45, 7) is 1.86. The van der Waals surface area contributed by atoms with Crippen LogP contribution in [0.3, 0.4) is 0 Å². The first-order chi connectivity index (χ1) is 14.6. The lowest BCUT2D eigenvalue weighted by Gasteiger charge is -2.12. The minimum absolute atomic E-state index is 0.152. The molecule has 6 nitrogen and oxygen atoms in total. The number of amides is 1. The third-order valence-electron chi connectivity index (χ3n) is 4.43. The molecule has 4 rings (SSSR count). The Morgan fingerprint density at radius 3 is 2.57 bits per heavy atom. The van der Waals surface area contributed by atoms with Crippen LogP contribution in [0.4, 0.5) is 4.39 Å². The van der Waals surface area contributed by atoms with Gasteiger partial charge in [-0.05, 0) is 43.3 Å². The van der Waals surface area contributed by atoms with Crippen molar-refractivity contribution >= 4 is 17.7 Å². The Bertz CT molecular complexity index is 1110. The summed E-state index contributed by atoms with van der Waals surface area (Å²) in [4.78, 5) is 12.4. The molecule has 0 aliphatic rings. The average molecular weight is 422 g/mol. The Morgan fingerprint density at radius 1 is 1.10 bits per heavy atom. The summed E-state index contributed by atoms with van der Waals surface area (Å²) >= 11 is 1.26. The highest BCUT2D eigenvalue weighted by Gasteiger charge is 2.18. The number of hydrogen-bond acceptors (Lipinski definition) is 5. The second kappa shape index (κ2) is 8.96. The monoisotopic (exact) mass is 422 g/mol. The molecule has 0 saturated carbocycles. The lowest BCUT2D eigenvalue weighted by molar-refractivity contribution is -0.119. The highest BCUT2D eigenvalue weighted by Crippen LogP contribution is 2.28. The number of carbonyl (C=O) groups is 1. The van der Waals surface area contributed by atoms with E-state index < -0.39 is 0 Å². The van der Waals surface area contributed by atoms with Crippen molar-refractivity contribution in [3.8, 4) is 17.1 Å². The normalized spacial score (nSPS) is 11.9. The third-order valence-corrected chi connectivity index (χ3v) is 5.36. The van der Waals surface area contributed by atoms with E-state index in [4.69, 9.17) is 4.42 Å². The molecular formula is C22H19FN4O2S. The zero-order valence-corrected chi connectivity index (χ0v) is 17.0. The van der Waals surface area contributed by atoms with Crippen LogP contribution in [0.5, 0.6) is 0 Å². The Labute approximate surface area is 177 Å². The van der Waals surface area contributed by atoms with E-state index in [2.05, 4.69) is 15.5 Å². The van der Waals surface area contributed by atoms with Crippen LogP contribution >= 0.6 is 11.8 Å². The van der Waals surface area contributed by atoms with Gasteiger partial charge in [-0.3, -0.25) is 9.36 Å². The molecule has 0 aliphatic heterocycles. The first-order valence-electron chi connectivity index (χ1n) is 9.34. The number of halogens is 1. The number of nitrogens with one attached hydrogen (secondary N) is 1. The SMILES string of the molecule is CC(NC(=O)CSc1nnc(-c2ccccc2)n1-c1ccc(F)cc1)c1ccco1. The highest BCUT2D eigenvalue weighted by atomic mass is 32.2. The molecule has 30 heavy (non-hydrogen) atoms. The zero-order valence-electron chi connectivity index (χ0n) is 16.2. The molecule has 8 heteroatoms. The number of furan rings is 1. The molecule has 2 aromatic carbocycles. The van der Waals surface area contributed by atoms with E-state index in [0.29, 0.717) is 22.4 Å². The number of thioether (sulfide) groups is 1. The fourth-order valence-electron chi connectivity index (χ4n) is 2.98. The quantitative estimate of drug-likeness (QED) is 0.440. The predicted molar refractivity (Wildman–Crippen MR) is 113 cm³/mol. The van der Waals surface area contributed by atoms with E-state index in [1.165, 1.54) is 23.9 Å². The van der Waals surface area contributed by atoms with Crippen LogP contribution < -0.4 is 5.32 Å². The second-order valence-corrected chi connectivity index (χ2v) is 7.52. The van der Waals surface area contributed by atoms with E-state index in [1.807, 2.05) is 47.9 Å².